The number of carbonyl (C=O) groups excluding carboxylic acids is 1. The van der Waals surface area contributed by atoms with Crippen LogP contribution in [0.5, 0.6) is 0 Å². The summed E-state index contributed by atoms with van der Waals surface area (Å²) in [5.41, 5.74) is 1.82. The van der Waals surface area contributed by atoms with Crippen molar-refractivity contribution in [2.45, 2.75) is 18.8 Å². The van der Waals surface area contributed by atoms with Gasteiger partial charge in [0.05, 0.1) is 12.7 Å². The number of ether oxygens (including phenoxy) is 1. The van der Waals surface area contributed by atoms with Crippen molar-refractivity contribution in [2.75, 3.05) is 7.11 Å². The van der Waals surface area contributed by atoms with Gasteiger partial charge in [-0.15, -0.1) is 0 Å². The van der Waals surface area contributed by atoms with Gasteiger partial charge < -0.3 is 4.74 Å². The fraction of sp³-hybridized carbons (Fsp3) is 0.364. The number of esters is 1. The Labute approximate surface area is 91.4 Å². The van der Waals surface area contributed by atoms with E-state index in [2.05, 4.69) is 15.9 Å². The molecule has 0 bridgehead atoms. The monoisotopic (exact) mass is 254 g/mol. The highest BCUT2D eigenvalue weighted by Gasteiger charge is 2.28. The van der Waals surface area contributed by atoms with Crippen molar-refractivity contribution in [3.63, 3.8) is 0 Å². The molecule has 0 aromatic heterocycles. The molecule has 1 aromatic carbocycles. The Kier molecular flexibility index (Phi) is 2.59. The van der Waals surface area contributed by atoms with E-state index in [0.717, 1.165) is 10.0 Å². The summed E-state index contributed by atoms with van der Waals surface area (Å²) in [6.45, 7) is 0. The summed E-state index contributed by atoms with van der Waals surface area (Å²) in [6.07, 6.45) is 2.36. The maximum absolute atomic E-state index is 11.4. The number of benzene rings is 1. The summed E-state index contributed by atoms with van der Waals surface area (Å²) in [5.74, 6) is 0.320. The molecule has 0 radical (unpaired) electrons. The predicted molar refractivity (Wildman–Crippen MR) is 57.5 cm³/mol. The Balaban J connectivity index is 2.42. The van der Waals surface area contributed by atoms with Gasteiger partial charge in [-0.25, -0.2) is 4.79 Å². The Morgan fingerprint density at radius 2 is 2.21 bits per heavy atom. The SMILES string of the molecule is COC(=O)c1ccc(Br)cc1C1CC1. The van der Waals surface area contributed by atoms with E-state index in [1.54, 1.807) is 0 Å². The lowest BCUT2D eigenvalue weighted by molar-refractivity contribution is 0.0599. The first-order valence-electron chi connectivity index (χ1n) is 4.60. The molecule has 0 atom stereocenters. The molecule has 0 heterocycles. The highest BCUT2D eigenvalue weighted by Crippen LogP contribution is 2.42. The van der Waals surface area contributed by atoms with Gasteiger partial charge >= 0.3 is 5.97 Å². The van der Waals surface area contributed by atoms with Crippen LogP contribution < -0.4 is 0 Å². The lowest BCUT2D eigenvalue weighted by Gasteiger charge is -2.06. The molecule has 74 valence electrons. The van der Waals surface area contributed by atoms with Crippen LogP contribution in [0.3, 0.4) is 0 Å². The average Bonchev–Trinajstić information content (AvgIpc) is 3.00. The van der Waals surface area contributed by atoms with Gasteiger partial charge in [0.2, 0.25) is 0 Å². The van der Waals surface area contributed by atoms with Crippen molar-refractivity contribution < 1.29 is 9.53 Å². The molecular formula is C11H11BrO2. The third-order valence-electron chi connectivity index (χ3n) is 2.44. The summed E-state index contributed by atoms with van der Waals surface area (Å²) < 4.78 is 5.76. The second-order valence-corrected chi connectivity index (χ2v) is 4.41. The van der Waals surface area contributed by atoms with Crippen LogP contribution in [0.25, 0.3) is 0 Å². The maximum Gasteiger partial charge on any atom is 0.338 e. The number of halogens is 1. The van der Waals surface area contributed by atoms with Crippen LogP contribution in [-0.4, -0.2) is 13.1 Å². The largest absolute Gasteiger partial charge is 0.465 e. The first-order chi connectivity index (χ1) is 6.72. The number of rotatable bonds is 2. The van der Waals surface area contributed by atoms with E-state index in [0.29, 0.717) is 11.5 Å². The van der Waals surface area contributed by atoms with E-state index >= 15 is 0 Å². The molecule has 2 rings (SSSR count). The highest BCUT2D eigenvalue weighted by molar-refractivity contribution is 9.10. The van der Waals surface area contributed by atoms with Crippen LogP contribution in [0.1, 0.15) is 34.7 Å². The topological polar surface area (TPSA) is 26.3 Å². The van der Waals surface area contributed by atoms with Gasteiger partial charge in [0, 0.05) is 4.47 Å². The number of hydrogen-bond donors (Lipinski definition) is 0. The highest BCUT2D eigenvalue weighted by atomic mass is 79.9. The van der Waals surface area contributed by atoms with E-state index in [9.17, 15) is 4.79 Å². The molecule has 1 aliphatic rings. The van der Waals surface area contributed by atoms with E-state index in [1.165, 1.54) is 20.0 Å². The molecule has 0 N–H and O–H groups in total. The minimum Gasteiger partial charge on any atom is -0.465 e. The Hall–Kier alpha value is -0.830. The third kappa shape index (κ3) is 1.82. The van der Waals surface area contributed by atoms with Gasteiger partial charge in [0.1, 0.15) is 0 Å². The van der Waals surface area contributed by atoms with Gasteiger partial charge in [0.15, 0.2) is 0 Å². The Morgan fingerprint density at radius 1 is 1.50 bits per heavy atom. The van der Waals surface area contributed by atoms with Crippen LogP contribution in [-0.2, 0) is 4.74 Å². The summed E-state index contributed by atoms with van der Waals surface area (Å²) >= 11 is 3.41. The quantitative estimate of drug-likeness (QED) is 0.759. The average molecular weight is 255 g/mol. The number of carbonyl (C=O) groups is 1. The van der Waals surface area contributed by atoms with E-state index in [1.807, 2.05) is 18.2 Å². The summed E-state index contributed by atoms with van der Waals surface area (Å²) in [4.78, 5) is 11.4. The summed E-state index contributed by atoms with van der Waals surface area (Å²) in [5, 5.41) is 0. The van der Waals surface area contributed by atoms with Gasteiger partial charge in [-0.2, -0.15) is 0 Å². The molecule has 1 aromatic rings. The molecule has 2 nitrogen and oxygen atoms in total. The van der Waals surface area contributed by atoms with Crippen LogP contribution in [0.15, 0.2) is 22.7 Å². The molecule has 14 heavy (non-hydrogen) atoms. The van der Waals surface area contributed by atoms with Crippen molar-refractivity contribution in [3.8, 4) is 0 Å². The maximum atomic E-state index is 11.4. The van der Waals surface area contributed by atoms with Gasteiger partial charge in [0.25, 0.3) is 0 Å². The first kappa shape index (κ1) is 9.71. The fourth-order valence-corrected chi connectivity index (χ4v) is 1.94. The molecular weight excluding hydrogens is 244 g/mol. The third-order valence-corrected chi connectivity index (χ3v) is 2.93. The molecule has 3 heteroatoms. The smallest absolute Gasteiger partial charge is 0.338 e. The first-order valence-corrected chi connectivity index (χ1v) is 5.39. The van der Waals surface area contributed by atoms with Crippen molar-refractivity contribution in [2.24, 2.45) is 0 Å². The number of hydrogen-bond acceptors (Lipinski definition) is 2. The Bertz CT molecular complexity index is 370. The molecule has 1 fully saturated rings. The predicted octanol–water partition coefficient (Wildman–Crippen LogP) is 3.11. The van der Waals surface area contributed by atoms with Gasteiger partial charge in [-0.3, -0.25) is 0 Å². The molecule has 0 aliphatic heterocycles. The number of methoxy groups -OCH3 is 1. The second-order valence-electron chi connectivity index (χ2n) is 3.50. The molecule has 1 saturated carbocycles. The van der Waals surface area contributed by atoms with Gasteiger partial charge in [-0.05, 0) is 42.5 Å². The lowest BCUT2D eigenvalue weighted by atomic mass is 10.0. The second kappa shape index (κ2) is 3.73. The van der Waals surface area contributed by atoms with Crippen molar-refractivity contribution in [3.05, 3.63) is 33.8 Å². The zero-order valence-electron chi connectivity index (χ0n) is 7.92. The van der Waals surface area contributed by atoms with E-state index < -0.39 is 0 Å². The van der Waals surface area contributed by atoms with Gasteiger partial charge in [-0.1, -0.05) is 15.9 Å². The minimum absolute atomic E-state index is 0.237. The summed E-state index contributed by atoms with van der Waals surface area (Å²) in [6, 6.07) is 5.71. The van der Waals surface area contributed by atoms with E-state index in [4.69, 9.17) is 4.74 Å². The zero-order chi connectivity index (χ0) is 10.1. The molecule has 0 saturated heterocycles. The fourth-order valence-electron chi connectivity index (χ4n) is 1.56. The molecule has 0 unspecified atom stereocenters. The van der Waals surface area contributed by atoms with E-state index in [-0.39, 0.29) is 5.97 Å². The van der Waals surface area contributed by atoms with Crippen molar-refractivity contribution in [1.82, 2.24) is 0 Å². The van der Waals surface area contributed by atoms with Crippen LogP contribution >= 0.6 is 15.9 Å². The lowest BCUT2D eigenvalue weighted by Crippen LogP contribution is -2.04. The molecule has 0 spiro atoms. The van der Waals surface area contributed by atoms with Crippen LogP contribution in [0, 0.1) is 0 Å². The van der Waals surface area contributed by atoms with Crippen LogP contribution in [0.2, 0.25) is 0 Å². The standard InChI is InChI=1S/C11H11BrO2/c1-14-11(13)9-5-4-8(12)6-10(9)7-2-3-7/h4-7H,2-3H2,1H3. The van der Waals surface area contributed by atoms with Crippen LogP contribution in [0.4, 0.5) is 0 Å². The zero-order valence-corrected chi connectivity index (χ0v) is 9.50. The normalized spacial score (nSPS) is 15.3. The van der Waals surface area contributed by atoms with Crippen molar-refractivity contribution in [1.29, 1.82) is 0 Å². The molecule has 1 aliphatic carbocycles. The minimum atomic E-state index is -0.237. The molecule has 0 amide bonds. The Morgan fingerprint density at radius 3 is 2.79 bits per heavy atom. The van der Waals surface area contributed by atoms with Crippen molar-refractivity contribution >= 4 is 21.9 Å². The summed E-state index contributed by atoms with van der Waals surface area (Å²) in [7, 11) is 1.42.